The van der Waals surface area contributed by atoms with Crippen LogP contribution in [0.3, 0.4) is 0 Å². The van der Waals surface area contributed by atoms with Crippen LogP contribution in [-0.4, -0.2) is 51.2 Å². The highest BCUT2D eigenvalue weighted by Crippen LogP contribution is 2.21. The molecular weight excluding hydrogens is 278 g/mol. The number of nitrogens with zero attached hydrogens (tertiary/aromatic N) is 2. The zero-order valence-corrected chi connectivity index (χ0v) is 11.5. The van der Waals surface area contributed by atoms with Gasteiger partial charge in [-0.2, -0.15) is 4.31 Å². The summed E-state index contributed by atoms with van der Waals surface area (Å²) in [5.74, 6) is -2.88. The Balaban J connectivity index is 3.14. The van der Waals surface area contributed by atoms with Crippen molar-refractivity contribution in [3.05, 3.63) is 29.8 Å². The number of sulfonamides is 1. The van der Waals surface area contributed by atoms with Crippen molar-refractivity contribution in [2.75, 3.05) is 27.7 Å². The molecule has 5 nitrogen and oxygen atoms in total. The van der Waals surface area contributed by atoms with Gasteiger partial charge in [0, 0.05) is 21.1 Å². The molecule has 0 saturated heterocycles. The molecule has 106 valence electrons. The summed E-state index contributed by atoms with van der Waals surface area (Å²) in [5, 5.41) is 0. The van der Waals surface area contributed by atoms with Crippen LogP contribution in [0.15, 0.2) is 23.1 Å². The maximum atomic E-state index is 13.5. The van der Waals surface area contributed by atoms with Gasteiger partial charge in [0.05, 0.1) is 6.54 Å². The summed E-state index contributed by atoms with van der Waals surface area (Å²) in [5.41, 5.74) is 0. The van der Waals surface area contributed by atoms with E-state index in [-0.39, 0.29) is 0 Å². The number of hydrogen-bond acceptors (Lipinski definition) is 3. The Labute approximate surface area is 110 Å². The molecule has 0 aliphatic rings. The van der Waals surface area contributed by atoms with Crippen molar-refractivity contribution in [2.45, 2.75) is 4.90 Å². The van der Waals surface area contributed by atoms with Crippen LogP contribution in [0.5, 0.6) is 0 Å². The number of rotatable bonds is 4. The van der Waals surface area contributed by atoms with Gasteiger partial charge < -0.3 is 4.90 Å². The molecule has 0 radical (unpaired) electrons. The van der Waals surface area contributed by atoms with E-state index >= 15 is 0 Å². The zero-order valence-electron chi connectivity index (χ0n) is 10.7. The van der Waals surface area contributed by atoms with Gasteiger partial charge in [-0.15, -0.1) is 0 Å². The SMILES string of the molecule is CN(C)C(=O)CN(C)S(=O)(=O)c1c(F)cccc1F. The first-order valence-electron chi connectivity index (χ1n) is 5.28. The average Bonchev–Trinajstić information content (AvgIpc) is 2.27. The quantitative estimate of drug-likeness (QED) is 0.820. The van der Waals surface area contributed by atoms with E-state index in [0.29, 0.717) is 4.31 Å². The Bertz CT molecular complexity index is 567. The molecule has 1 aromatic rings. The molecule has 8 heteroatoms. The maximum absolute atomic E-state index is 13.5. The Kier molecular flexibility index (Phi) is 4.59. The lowest BCUT2D eigenvalue weighted by Crippen LogP contribution is -2.38. The van der Waals surface area contributed by atoms with Crippen LogP contribution in [0.1, 0.15) is 0 Å². The molecule has 1 aromatic carbocycles. The van der Waals surface area contributed by atoms with Crippen LogP contribution in [0.25, 0.3) is 0 Å². The predicted octanol–water partition coefficient (Wildman–Crippen LogP) is 0.673. The van der Waals surface area contributed by atoms with Gasteiger partial charge in [0.25, 0.3) is 0 Å². The van der Waals surface area contributed by atoms with Crippen LogP contribution in [0.2, 0.25) is 0 Å². The molecule has 0 aromatic heterocycles. The van der Waals surface area contributed by atoms with Crippen molar-refractivity contribution in [1.29, 1.82) is 0 Å². The minimum Gasteiger partial charge on any atom is -0.348 e. The zero-order chi connectivity index (χ0) is 14.8. The van der Waals surface area contributed by atoms with Gasteiger partial charge in [0.15, 0.2) is 4.90 Å². The molecule has 0 heterocycles. The molecule has 0 bridgehead atoms. The minimum absolute atomic E-state index is 0.497. The van der Waals surface area contributed by atoms with Crippen molar-refractivity contribution < 1.29 is 22.0 Å². The molecule has 0 aliphatic carbocycles. The van der Waals surface area contributed by atoms with E-state index < -0.39 is 39.0 Å². The fourth-order valence-electron chi connectivity index (χ4n) is 1.30. The first-order valence-corrected chi connectivity index (χ1v) is 6.72. The summed E-state index contributed by atoms with van der Waals surface area (Å²) in [6.07, 6.45) is 0. The van der Waals surface area contributed by atoms with Gasteiger partial charge in [-0.25, -0.2) is 17.2 Å². The fraction of sp³-hybridized carbons (Fsp3) is 0.364. The summed E-state index contributed by atoms with van der Waals surface area (Å²) < 4.78 is 51.5. The highest BCUT2D eigenvalue weighted by atomic mass is 32.2. The van der Waals surface area contributed by atoms with Crippen molar-refractivity contribution in [3.63, 3.8) is 0 Å². The first-order chi connectivity index (χ1) is 8.67. The van der Waals surface area contributed by atoms with Crippen molar-refractivity contribution >= 4 is 15.9 Å². The Morgan fingerprint density at radius 2 is 1.63 bits per heavy atom. The Morgan fingerprint density at radius 3 is 2.05 bits per heavy atom. The van der Waals surface area contributed by atoms with Crippen molar-refractivity contribution in [2.24, 2.45) is 0 Å². The Morgan fingerprint density at radius 1 is 1.16 bits per heavy atom. The number of amides is 1. The molecule has 1 rings (SSSR count). The molecule has 0 aliphatic heterocycles. The number of halogens is 2. The lowest BCUT2D eigenvalue weighted by molar-refractivity contribution is -0.128. The second-order valence-corrected chi connectivity index (χ2v) is 6.08. The molecular formula is C11H14F2N2O3S. The molecule has 0 unspecified atom stereocenters. The third-order valence-corrected chi connectivity index (χ3v) is 4.30. The fourth-order valence-corrected chi connectivity index (χ4v) is 2.52. The van der Waals surface area contributed by atoms with E-state index in [9.17, 15) is 22.0 Å². The van der Waals surface area contributed by atoms with E-state index in [0.717, 1.165) is 25.2 Å². The normalized spacial score (nSPS) is 11.7. The topological polar surface area (TPSA) is 57.7 Å². The van der Waals surface area contributed by atoms with Gasteiger partial charge >= 0.3 is 0 Å². The van der Waals surface area contributed by atoms with Gasteiger partial charge in [0.2, 0.25) is 15.9 Å². The highest BCUT2D eigenvalue weighted by Gasteiger charge is 2.29. The molecule has 0 N–H and O–H groups in total. The summed E-state index contributed by atoms with van der Waals surface area (Å²) in [4.78, 5) is 11.6. The predicted molar refractivity (Wildman–Crippen MR) is 64.9 cm³/mol. The molecule has 0 spiro atoms. The summed E-state index contributed by atoms with van der Waals surface area (Å²) in [7, 11) is -0.405. The molecule has 1 amide bonds. The molecule has 0 saturated carbocycles. The maximum Gasteiger partial charge on any atom is 0.249 e. The number of benzene rings is 1. The number of hydrogen-bond donors (Lipinski definition) is 0. The van der Waals surface area contributed by atoms with E-state index in [1.54, 1.807) is 0 Å². The van der Waals surface area contributed by atoms with Crippen LogP contribution in [-0.2, 0) is 14.8 Å². The summed E-state index contributed by atoms with van der Waals surface area (Å²) >= 11 is 0. The van der Waals surface area contributed by atoms with E-state index in [2.05, 4.69) is 0 Å². The smallest absolute Gasteiger partial charge is 0.249 e. The minimum atomic E-state index is -4.39. The average molecular weight is 292 g/mol. The molecule has 0 fully saturated rings. The second-order valence-electron chi connectivity index (χ2n) is 4.10. The number of carbonyl (C=O) groups excluding carboxylic acids is 1. The van der Waals surface area contributed by atoms with Crippen molar-refractivity contribution in [1.82, 2.24) is 9.21 Å². The molecule has 0 atom stereocenters. The Hall–Kier alpha value is -1.54. The first kappa shape index (κ1) is 15.5. The highest BCUT2D eigenvalue weighted by molar-refractivity contribution is 7.89. The van der Waals surface area contributed by atoms with E-state index in [4.69, 9.17) is 0 Å². The van der Waals surface area contributed by atoms with Crippen LogP contribution in [0.4, 0.5) is 8.78 Å². The van der Waals surface area contributed by atoms with Crippen LogP contribution in [0, 0.1) is 11.6 Å². The monoisotopic (exact) mass is 292 g/mol. The lowest BCUT2D eigenvalue weighted by atomic mass is 10.3. The van der Waals surface area contributed by atoms with Gasteiger partial charge in [-0.05, 0) is 12.1 Å². The third-order valence-electron chi connectivity index (χ3n) is 2.44. The number of carbonyl (C=O) groups is 1. The van der Waals surface area contributed by atoms with Crippen LogP contribution >= 0.6 is 0 Å². The van der Waals surface area contributed by atoms with Gasteiger partial charge in [-0.1, -0.05) is 6.07 Å². The lowest BCUT2D eigenvalue weighted by Gasteiger charge is -2.19. The standard InChI is InChI=1S/C11H14F2N2O3S/c1-14(2)10(16)7-15(3)19(17,18)11-8(12)5-4-6-9(11)13/h4-6H,7H2,1-3H3. The van der Waals surface area contributed by atoms with Crippen molar-refractivity contribution in [3.8, 4) is 0 Å². The van der Waals surface area contributed by atoms with E-state index in [1.807, 2.05) is 0 Å². The second kappa shape index (κ2) is 5.62. The number of likely N-dealkylation sites (N-methyl/N-ethyl adjacent to an activating group) is 2. The third kappa shape index (κ3) is 3.27. The summed E-state index contributed by atoms with van der Waals surface area (Å²) in [6, 6.07) is 2.75. The van der Waals surface area contributed by atoms with Gasteiger partial charge in [-0.3, -0.25) is 4.79 Å². The van der Waals surface area contributed by atoms with E-state index in [1.165, 1.54) is 19.0 Å². The largest absolute Gasteiger partial charge is 0.348 e. The summed E-state index contributed by atoms with van der Waals surface area (Å²) in [6.45, 7) is -0.497. The van der Waals surface area contributed by atoms with Crippen LogP contribution < -0.4 is 0 Å². The van der Waals surface area contributed by atoms with Gasteiger partial charge in [0.1, 0.15) is 11.6 Å². The molecule has 19 heavy (non-hydrogen) atoms.